The molecule has 1 N–H and O–H groups in total. The molecule has 0 saturated carbocycles. The molecule has 1 atom stereocenters. The molecule has 0 heterocycles. The molecule has 0 saturated heterocycles. The molecule has 0 aliphatic carbocycles. The molecule has 21 heavy (non-hydrogen) atoms. The third-order valence-electron chi connectivity index (χ3n) is 4.01. The van der Waals surface area contributed by atoms with Gasteiger partial charge in [0.15, 0.2) is 0 Å². The predicted molar refractivity (Wildman–Crippen MR) is 87.1 cm³/mol. The number of rotatable bonds is 15. The summed E-state index contributed by atoms with van der Waals surface area (Å²) in [6.45, 7) is 2.25. The summed E-state index contributed by atoms with van der Waals surface area (Å²) in [5, 5.41) is 17.5. The summed E-state index contributed by atoms with van der Waals surface area (Å²) in [6.07, 6.45) is 16.3. The van der Waals surface area contributed by atoms with Crippen molar-refractivity contribution < 1.29 is 9.90 Å². The number of carbonyl (C=O) groups is 1. The number of hydrogen-bond donors (Lipinski definition) is 1. The maximum atomic E-state index is 10.5. The summed E-state index contributed by atoms with van der Waals surface area (Å²) >= 11 is 0. The van der Waals surface area contributed by atoms with Gasteiger partial charge in [0, 0.05) is 0 Å². The highest BCUT2D eigenvalue weighted by atomic mass is 16.4. The van der Waals surface area contributed by atoms with E-state index in [0.29, 0.717) is 0 Å². The second kappa shape index (κ2) is 15.4. The fraction of sp³-hybridized carbons (Fsp3) is 0.889. The fourth-order valence-electron chi connectivity index (χ4n) is 2.65. The molecule has 0 bridgehead atoms. The van der Waals surface area contributed by atoms with E-state index in [1.54, 1.807) is 0 Å². The van der Waals surface area contributed by atoms with Gasteiger partial charge >= 0.3 is 5.97 Å². The van der Waals surface area contributed by atoms with Crippen LogP contribution in [0.25, 0.3) is 0 Å². The molecular formula is C18H33NO2. The molecule has 0 radical (unpaired) electrons. The van der Waals surface area contributed by atoms with Crippen LogP contribution in [0.5, 0.6) is 0 Å². The number of hydrogen-bond acceptors (Lipinski definition) is 2. The molecule has 0 aliphatic heterocycles. The van der Waals surface area contributed by atoms with Crippen LogP contribution in [0.1, 0.15) is 96.8 Å². The number of aliphatic carboxylic acids is 1. The standard InChI is InChI=1S/C18H33NO2/c1-2-3-4-5-6-7-8-9-10-11-12-13-14-17(16-19)15-18(20)21/h17H,2-15H2,1H3,(H,20,21). The number of carboxylic acids is 1. The van der Waals surface area contributed by atoms with Crippen LogP contribution in [-0.2, 0) is 4.79 Å². The van der Waals surface area contributed by atoms with E-state index in [-0.39, 0.29) is 12.3 Å². The van der Waals surface area contributed by atoms with Gasteiger partial charge in [-0.15, -0.1) is 0 Å². The molecule has 0 aromatic carbocycles. The molecule has 0 aliphatic rings. The lowest BCUT2D eigenvalue weighted by atomic mass is 9.98. The quantitative estimate of drug-likeness (QED) is 0.395. The monoisotopic (exact) mass is 295 g/mol. The van der Waals surface area contributed by atoms with E-state index in [4.69, 9.17) is 10.4 Å². The van der Waals surface area contributed by atoms with Gasteiger partial charge in [0.05, 0.1) is 18.4 Å². The Morgan fingerprint density at radius 3 is 1.71 bits per heavy atom. The molecule has 0 spiro atoms. The molecular weight excluding hydrogens is 262 g/mol. The van der Waals surface area contributed by atoms with E-state index in [1.165, 1.54) is 64.2 Å². The van der Waals surface area contributed by atoms with E-state index in [9.17, 15) is 4.79 Å². The zero-order valence-corrected chi connectivity index (χ0v) is 13.8. The minimum Gasteiger partial charge on any atom is -0.481 e. The van der Waals surface area contributed by atoms with Gasteiger partial charge in [0.1, 0.15) is 0 Å². The van der Waals surface area contributed by atoms with Crippen LogP contribution >= 0.6 is 0 Å². The third kappa shape index (κ3) is 15.2. The molecule has 0 rings (SSSR count). The Balaban J connectivity index is 3.22. The highest BCUT2D eigenvalue weighted by Gasteiger charge is 2.11. The number of nitrogens with zero attached hydrogens (tertiary/aromatic N) is 1. The number of nitriles is 1. The van der Waals surface area contributed by atoms with E-state index >= 15 is 0 Å². The number of carboxylic acid groups (broad SMARTS) is 1. The second-order valence-electron chi connectivity index (χ2n) is 6.10. The van der Waals surface area contributed by atoms with Gasteiger partial charge in [0.25, 0.3) is 0 Å². The Morgan fingerprint density at radius 2 is 1.33 bits per heavy atom. The van der Waals surface area contributed by atoms with Crippen LogP contribution in [0, 0.1) is 17.2 Å². The van der Waals surface area contributed by atoms with Crippen LogP contribution in [0.4, 0.5) is 0 Å². The van der Waals surface area contributed by atoms with Crippen molar-refractivity contribution >= 4 is 5.97 Å². The molecule has 0 amide bonds. The second-order valence-corrected chi connectivity index (χ2v) is 6.10. The molecule has 122 valence electrons. The Morgan fingerprint density at radius 1 is 0.905 bits per heavy atom. The van der Waals surface area contributed by atoms with Crippen LogP contribution in [0.15, 0.2) is 0 Å². The van der Waals surface area contributed by atoms with Crippen molar-refractivity contribution in [3.63, 3.8) is 0 Å². The van der Waals surface area contributed by atoms with Crippen molar-refractivity contribution in [2.75, 3.05) is 0 Å². The lowest BCUT2D eigenvalue weighted by Gasteiger charge is -2.06. The molecule has 0 fully saturated rings. The van der Waals surface area contributed by atoms with Gasteiger partial charge < -0.3 is 5.11 Å². The maximum Gasteiger partial charge on any atom is 0.304 e. The first-order chi connectivity index (χ1) is 10.2. The lowest BCUT2D eigenvalue weighted by molar-refractivity contribution is -0.137. The predicted octanol–water partition coefficient (Wildman–Crippen LogP) is 5.69. The molecule has 0 aromatic rings. The maximum absolute atomic E-state index is 10.5. The Bertz CT molecular complexity index is 283. The Hall–Kier alpha value is -1.04. The minimum atomic E-state index is -0.861. The largest absolute Gasteiger partial charge is 0.481 e. The average Bonchev–Trinajstić information content (AvgIpc) is 2.46. The van der Waals surface area contributed by atoms with Gasteiger partial charge in [-0.1, -0.05) is 84.0 Å². The Labute approximate surface area is 130 Å². The van der Waals surface area contributed by atoms with Crippen molar-refractivity contribution in [1.29, 1.82) is 5.26 Å². The first kappa shape index (κ1) is 20.0. The number of unbranched alkanes of at least 4 members (excludes halogenated alkanes) is 11. The zero-order valence-electron chi connectivity index (χ0n) is 13.8. The van der Waals surface area contributed by atoms with Gasteiger partial charge in [-0.3, -0.25) is 4.79 Å². The van der Waals surface area contributed by atoms with E-state index < -0.39 is 5.97 Å². The summed E-state index contributed by atoms with van der Waals surface area (Å²) in [5.41, 5.74) is 0. The van der Waals surface area contributed by atoms with Crippen molar-refractivity contribution in [3.05, 3.63) is 0 Å². The summed E-state index contributed by atoms with van der Waals surface area (Å²) in [4.78, 5) is 10.5. The van der Waals surface area contributed by atoms with Gasteiger partial charge in [-0.25, -0.2) is 0 Å². The lowest BCUT2D eigenvalue weighted by Crippen LogP contribution is -2.05. The Kier molecular flexibility index (Phi) is 14.6. The van der Waals surface area contributed by atoms with Crippen molar-refractivity contribution in [2.45, 2.75) is 96.8 Å². The highest BCUT2D eigenvalue weighted by molar-refractivity contribution is 5.67. The van der Waals surface area contributed by atoms with Gasteiger partial charge in [0.2, 0.25) is 0 Å². The molecule has 1 unspecified atom stereocenters. The molecule has 0 aromatic heterocycles. The van der Waals surface area contributed by atoms with Gasteiger partial charge in [-0.2, -0.15) is 5.26 Å². The third-order valence-corrected chi connectivity index (χ3v) is 4.01. The SMILES string of the molecule is CCCCCCCCCCCCCCC(C#N)CC(=O)O. The highest BCUT2D eigenvalue weighted by Crippen LogP contribution is 2.15. The summed E-state index contributed by atoms with van der Waals surface area (Å²) in [7, 11) is 0. The van der Waals surface area contributed by atoms with Crippen molar-refractivity contribution in [2.24, 2.45) is 5.92 Å². The van der Waals surface area contributed by atoms with Crippen LogP contribution in [0.3, 0.4) is 0 Å². The normalized spacial score (nSPS) is 12.0. The summed E-state index contributed by atoms with van der Waals surface area (Å²) in [5.74, 6) is -1.16. The van der Waals surface area contributed by atoms with Gasteiger partial charge in [-0.05, 0) is 6.42 Å². The van der Waals surface area contributed by atoms with Crippen LogP contribution in [-0.4, -0.2) is 11.1 Å². The summed E-state index contributed by atoms with van der Waals surface area (Å²) < 4.78 is 0. The van der Waals surface area contributed by atoms with Crippen LogP contribution < -0.4 is 0 Å². The van der Waals surface area contributed by atoms with E-state index in [2.05, 4.69) is 13.0 Å². The molecule has 3 heteroatoms. The van der Waals surface area contributed by atoms with E-state index in [0.717, 1.165) is 19.3 Å². The first-order valence-electron chi connectivity index (χ1n) is 8.82. The van der Waals surface area contributed by atoms with Crippen molar-refractivity contribution in [3.8, 4) is 6.07 Å². The fourth-order valence-corrected chi connectivity index (χ4v) is 2.65. The van der Waals surface area contributed by atoms with E-state index in [1.807, 2.05) is 0 Å². The topological polar surface area (TPSA) is 61.1 Å². The molecule has 3 nitrogen and oxygen atoms in total. The van der Waals surface area contributed by atoms with Crippen molar-refractivity contribution in [1.82, 2.24) is 0 Å². The van der Waals surface area contributed by atoms with Crippen LogP contribution in [0.2, 0.25) is 0 Å². The average molecular weight is 295 g/mol. The smallest absolute Gasteiger partial charge is 0.304 e. The summed E-state index contributed by atoms with van der Waals surface area (Å²) in [6, 6.07) is 2.09. The minimum absolute atomic E-state index is 0.00543. The first-order valence-corrected chi connectivity index (χ1v) is 8.82. The zero-order chi connectivity index (χ0) is 15.8.